The Balaban J connectivity index is 0.000000486. The Bertz CT molecular complexity index is 450. The SMILES string of the molecule is CNCCc1ccc(OC)c(OC)c1.O=C(O)C(F)(F)F. The van der Waals surface area contributed by atoms with Crippen LogP contribution in [0.25, 0.3) is 0 Å². The molecule has 0 spiro atoms. The van der Waals surface area contributed by atoms with Crippen molar-refractivity contribution in [1.82, 2.24) is 5.32 Å². The van der Waals surface area contributed by atoms with Gasteiger partial charge in [0.15, 0.2) is 11.5 Å². The second-order valence-corrected chi connectivity index (χ2v) is 3.85. The zero-order valence-electron chi connectivity index (χ0n) is 12.0. The first-order valence-corrected chi connectivity index (χ1v) is 5.91. The van der Waals surface area contributed by atoms with Gasteiger partial charge in [-0.3, -0.25) is 0 Å². The molecule has 1 rings (SSSR count). The molecule has 2 N–H and O–H groups in total. The molecule has 0 aliphatic rings. The molecule has 0 atom stereocenters. The summed E-state index contributed by atoms with van der Waals surface area (Å²) in [5, 5.41) is 10.2. The van der Waals surface area contributed by atoms with Crippen molar-refractivity contribution in [2.75, 3.05) is 27.8 Å². The lowest BCUT2D eigenvalue weighted by Crippen LogP contribution is -2.21. The molecule has 0 aliphatic carbocycles. The zero-order chi connectivity index (χ0) is 16.5. The molecule has 0 unspecified atom stereocenters. The minimum atomic E-state index is -5.08. The summed E-state index contributed by atoms with van der Waals surface area (Å²) in [6, 6.07) is 6.00. The lowest BCUT2D eigenvalue weighted by atomic mass is 10.1. The van der Waals surface area contributed by atoms with Crippen LogP contribution in [0.5, 0.6) is 11.5 Å². The maximum atomic E-state index is 10.6. The minimum absolute atomic E-state index is 0.778. The molecule has 0 aromatic heterocycles. The van der Waals surface area contributed by atoms with Crippen LogP contribution in [0.3, 0.4) is 0 Å². The molecule has 21 heavy (non-hydrogen) atoms. The van der Waals surface area contributed by atoms with Crippen LogP contribution in [-0.2, 0) is 11.2 Å². The van der Waals surface area contributed by atoms with Crippen molar-refractivity contribution in [3.63, 3.8) is 0 Å². The Morgan fingerprint density at radius 3 is 2.14 bits per heavy atom. The number of ether oxygens (including phenoxy) is 2. The number of nitrogens with one attached hydrogen (secondary N) is 1. The van der Waals surface area contributed by atoms with Crippen LogP contribution in [0.1, 0.15) is 5.56 Å². The van der Waals surface area contributed by atoms with E-state index in [1.54, 1.807) is 14.2 Å². The standard InChI is InChI=1S/C11H17NO2.C2HF3O2/c1-12-7-6-9-4-5-10(13-2)11(8-9)14-3;3-2(4,5)1(6)7/h4-5,8,12H,6-7H2,1-3H3;(H,6,7). The summed E-state index contributed by atoms with van der Waals surface area (Å²) < 4.78 is 42.1. The summed E-state index contributed by atoms with van der Waals surface area (Å²) in [5.74, 6) is -1.19. The summed E-state index contributed by atoms with van der Waals surface area (Å²) in [6.45, 7) is 0.968. The van der Waals surface area contributed by atoms with Crippen molar-refractivity contribution in [2.45, 2.75) is 12.6 Å². The van der Waals surface area contributed by atoms with Crippen LogP contribution >= 0.6 is 0 Å². The summed E-state index contributed by atoms with van der Waals surface area (Å²) in [4.78, 5) is 8.90. The summed E-state index contributed by atoms with van der Waals surface area (Å²) in [5.41, 5.74) is 1.25. The molecular weight excluding hydrogens is 291 g/mol. The molecule has 0 saturated carbocycles. The van der Waals surface area contributed by atoms with E-state index in [1.807, 2.05) is 19.2 Å². The van der Waals surface area contributed by atoms with E-state index in [1.165, 1.54) is 5.56 Å². The normalized spacial score (nSPS) is 10.4. The van der Waals surface area contributed by atoms with Crippen LogP contribution in [-0.4, -0.2) is 45.1 Å². The van der Waals surface area contributed by atoms with Gasteiger partial charge in [0.25, 0.3) is 0 Å². The van der Waals surface area contributed by atoms with E-state index in [0.29, 0.717) is 0 Å². The van der Waals surface area contributed by atoms with Crippen molar-refractivity contribution < 1.29 is 32.5 Å². The van der Waals surface area contributed by atoms with Crippen LogP contribution < -0.4 is 14.8 Å². The number of likely N-dealkylation sites (N-methyl/N-ethyl adjacent to an activating group) is 1. The molecule has 0 heterocycles. The Kier molecular flexibility index (Phi) is 8.22. The van der Waals surface area contributed by atoms with E-state index in [9.17, 15) is 13.2 Å². The summed E-state index contributed by atoms with van der Waals surface area (Å²) in [7, 11) is 5.24. The molecule has 120 valence electrons. The van der Waals surface area contributed by atoms with E-state index >= 15 is 0 Å². The molecule has 1 aromatic rings. The lowest BCUT2D eigenvalue weighted by Gasteiger charge is -2.09. The lowest BCUT2D eigenvalue weighted by molar-refractivity contribution is -0.192. The number of hydrogen-bond acceptors (Lipinski definition) is 4. The number of hydrogen-bond donors (Lipinski definition) is 2. The van der Waals surface area contributed by atoms with Gasteiger partial charge < -0.3 is 19.9 Å². The fourth-order valence-electron chi connectivity index (χ4n) is 1.31. The molecule has 1 aromatic carbocycles. The fraction of sp³-hybridized carbons (Fsp3) is 0.462. The van der Waals surface area contributed by atoms with Crippen LogP contribution in [0.15, 0.2) is 18.2 Å². The quantitative estimate of drug-likeness (QED) is 0.872. The first-order valence-electron chi connectivity index (χ1n) is 5.91. The Morgan fingerprint density at radius 1 is 1.24 bits per heavy atom. The highest BCUT2D eigenvalue weighted by Crippen LogP contribution is 2.27. The number of aliphatic carboxylic acids is 1. The number of carbonyl (C=O) groups is 1. The molecule has 0 saturated heterocycles. The number of halogens is 3. The molecule has 0 amide bonds. The summed E-state index contributed by atoms with van der Waals surface area (Å²) >= 11 is 0. The highest BCUT2D eigenvalue weighted by molar-refractivity contribution is 5.73. The largest absolute Gasteiger partial charge is 0.493 e. The first-order chi connectivity index (χ1) is 9.76. The fourth-order valence-corrected chi connectivity index (χ4v) is 1.31. The van der Waals surface area contributed by atoms with Crippen LogP contribution in [0.4, 0.5) is 13.2 Å². The zero-order valence-corrected chi connectivity index (χ0v) is 12.0. The molecule has 5 nitrogen and oxygen atoms in total. The molecular formula is C13H18F3NO4. The van der Waals surface area contributed by atoms with E-state index in [2.05, 4.69) is 11.4 Å². The van der Waals surface area contributed by atoms with Crippen molar-refractivity contribution in [3.05, 3.63) is 23.8 Å². The maximum absolute atomic E-state index is 10.6. The van der Waals surface area contributed by atoms with Gasteiger partial charge in [0.05, 0.1) is 14.2 Å². The third-order valence-corrected chi connectivity index (χ3v) is 2.35. The number of carboxylic acids is 1. The highest BCUT2D eigenvalue weighted by atomic mass is 19.4. The third-order valence-electron chi connectivity index (χ3n) is 2.35. The second kappa shape index (κ2) is 9.06. The number of carboxylic acid groups (broad SMARTS) is 1. The first kappa shape index (κ1) is 19.0. The maximum Gasteiger partial charge on any atom is 0.490 e. The smallest absolute Gasteiger partial charge is 0.490 e. The molecule has 0 aliphatic heterocycles. The molecule has 0 fully saturated rings. The Labute approximate surface area is 120 Å². The van der Waals surface area contributed by atoms with Crippen molar-refractivity contribution in [1.29, 1.82) is 0 Å². The van der Waals surface area contributed by atoms with Gasteiger partial charge >= 0.3 is 12.1 Å². The van der Waals surface area contributed by atoms with Gasteiger partial charge in [0, 0.05) is 0 Å². The van der Waals surface area contributed by atoms with Gasteiger partial charge in [-0.15, -0.1) is 0 Å². The predicted octanol–water partition coefficient (Wildman–Crippen LogP) is 2.10. The summed E-state index contributed by atoms with van der Waals surface area (Å²) in [6.07, 6.45) is -4.09. The van der Waals surface area contributed by atoms with Crippen LogP contribution in [0, 0.1) is 0 Å². The van der Waals surface area contributed by atoms with Crippen LogP contribution in [0.2, 0.25) is 0 Å². The van der Waals surface area contributed by atoms with E-state index in [4.69, 9.17) is 19.4 Å². The predicted molar refractivity (Wildman–Crippen MR) is 70.9 cm³/mol. The van der Waals surface area contributed by atoms with Gasteiger partial charge in [-0.05, 0) is 37.7 Å². The highest BCUT2D eigenvalue weighted by Gasteiger charge is 2.38. The second-order valence-electron chi connectivity index (χ2n) is 3.85. The minimum Gasteiger partial charge on any atom is -0.493 e. The Morgan fingerprint density at radius 2 is 1.76 bits per heavy atom. The van der Waals surface area contributed by atoms with Crippen molar-refractivity contribution in [3.8, 4) is 11.5 Å². The monoisotopic (exact) mass is 309 g/mol. The number of alkyl halides is 3. The molecule has 0 bridgehead atoms. The average Bonchev–Trinajstić information content (AvgIpc) is 2.44. The topological polar surface area (TPSA) is 67.8 Å². The van der Waals surface area contributed by atoms with Crippen molar-refractivity contribution >= 4 is 5.97 Å². The molecule has 8 heteroatoms. The van der Waals surface area contributed by atoms with Gasteiger partial charge in [0.2, 0.25) is 0 Å². The van der Waals surface area contributed by atoms with Gasteiger partial charge in [-0.1, -0.05) is 6.07 Å². The number of rotatable bonds is 5. The van der Waals surface area contributed by atoms with E-state index in [0.717, 1.165) is 24.5 Å². The van der Waals surface area contributed by atoms with Crippen molar-refractivity contribution in [2.24, 2.45) is 0 Å². The third kappa shape index (κ3) is 7.40. The van der Waals surface area contributed by atoms with Gasteiger partial charge in [-0.2, -0.15) is 13.2 Å². The number of methoxy groups -OCH3 is 2. The average molecular weight is 309 g/mol. The molecule has 0 radical (unpaired) electrons. The van der Waals surface area contributed by atoms with E-state index < -0.39 is 12.1 Å². The van der Waals surface area contributed by atoms with Gasteiger partial charge in [0.1, 0.15) is 0 Å². The van der Waals surface area contributed by atoms with Gasteiger partial charge in [-0.25, -0.2) is 4.79 Å². The van der Waals surface area contributed by atoms with E-state index in [-0.39, 0.29) is 0 Å². The Hall–Kier alpha value is -1.96. The number of benzene rings is 1.